The van der Waals surface area contributed by atoms with Gasteiger partial charge in [-0.25, -0.2) is 0 Å². The molecular weight excluding hydrogens is 242 g/mol. The third-order valence-electron chi connectivity index (χ3n) is 3.05. The molecule has 0 aliphatic rings. The van der Waals surface area contributed by atoms with Crippen LogP contribution in [0.5, 0.6) is 0 Å². The van der Waals surface area contributed by atoms with Crippen molar-refractivity contribution in [1.82, 2.24) is 15.3 Å². The maximum absolute atomic E-state index is 10.4. The number of hydrogen-bond acceptors (Lipinski definition) is 5. The van der Waals surface area contributed by atoms with Crippen LogP contribution in [0.2, 0.25) is 0 Å². The van der Waals surface area contributed by atoms with E-state index in [-0.39, 0.29) is 6.04 Å². The summed E-state index contributed by atoms with van der Waals surface area (Å²) in [7, 11) is 0. The highest BCUT2D eigenvalue weighted by Gasteiger charge is 2.27. The lowest BCUT2D eigenvalue weighted by molar-refractivity contribution is 0.0311. The average molecular weight is 261 g/mol. The van der Waals surface area contributed by atoms with Gasteiger partial charge in [0.2, 0.25) is 0 Å². The van der Waals surface area contributed by atoms with Crippen LogP contribution in [0, 0.1) is 6.92 Å². The molecule has 0 aliphatic heterocycles. The van der Waals surface area contributed by atoms with E-state index in [2.05, 4.69) is 15.3 Å². The number of hydrogen-bond donors (Lipinski definition) is 2. The Balaban J connectivity index is 1.98. The summed E-state index contributed by atoms with van der Waals surface area (Å²) in [5, 5.41) is 13.6. The molecule has 2 N–H and O–H groups in total. The summed E-state index contributed by atoms with van der Waals surface area (Å²) < 4.78 is 5.47. The molecule has 0 aliphatic carbocycles. The first-order valence-corrected chi connectivity index (χ1v) is 6.27. The minimum atomic E-state index is -1.05. The zero-order chi connectivity index (χ0) is 13.9. The Morgan fingerprint density at radius 2 is 2.21 bits per heavy atom. The number of aromatic nitrogens is 2. The van der Waals surface area contributed by atoms with Crippen molar-refractivity contribution in [2.24, 2.45) is 0 Å². The Labute approximate surface area is 112 Å². The fraction of sp³-hybridized carbons (Fsp3) is 0.429. The van der Waals surface area contributed by atoms with Gasteiger partial charge in [0.1, 0.15) is 17.1 Å². The van der Waals surface area contributed by atoms with Crippen molar-refractivity contribution in [2.75, 3.05) is 6.54 Å². The zero-order valence-corrected chi connectivity index (χ0v) is 11.4. The minimum Gasteiger partial charge on any atom is -0.463 e. The minimum absolute atomic E-state index is 0.0104. The number of nitrogens with one attached hydrogen (secondary N) is 1. The van der Waals surface area contributed by atoms with Crippen molar-refractivity contribution in [1.29, 1.82) is 0 Å². The van der Waals surface area contributed by atoms with E-state index < -0.39 is 5.60 Å². The molecular formula is C14H19N3O2. The molecule has 5 nitrogen and oxygen atoms in total. The highest BCUT2D eigenvalue weighted by atomic mass is 16.4. The summed E-state index contributed by atoms with van der Waals surface area (Å²) in [5.74, 6) is 1.35. The maximum Gasteiger partial charge on any atom is 0.136 e. The fourth-order valence-corrected chi connectivity index (χ4v) is 1.80. The smallest absolute Gasteiger partial charge is 0.136 e. The van der Waals surface area contributed by atoms with Crippen LogP contribution in [0.25, 0.3) is 0 Å². The van der Waals surface area contributed by atoms with Crippen LogP contribution in [0.15, 0.2) is 35.1 Å². The van der Waals surface area contributed by atoms with E-state index in [0.717, 1.165) is 11.5 Å². The molecule has 0 saturated heterocycles. The zero-order valence-electron chi connectivity index (χ0n) is 11.4. The van der Waals surface area contributed by atoms with Gasteiger partial charge >= 0.3 is 0 Å². The molecule has 2 aromatic heterocycles. The first kappa shape index (κ1) is 13.7. The standard InChI is InChI=1S/C14H19N3O2/c1-10-4-5-13(19-10)14(3,18)9-17-11(2)12-8-15-6-7-16-12/h4-8,11,17-18H,9H2,1-3H3. The van der Waals surface area contributed by atoms with Crippen molar-refractivity contribution in [3.05, 3.63) is 47.9 Å². The lowest BCUT2D eigenvalue weighted by atomic mass is 10.0. The average Bonchev–Trinajstić information content (AvgIpc) is 2.85. The molecule has 19 heavy (non-hydrogen) atoms. The van der Waals surface area contributed by atoms with Gasteiger partial charge in [-0.05, 0) is 32.9 Å². The predicted molar refractivity (Wildman–Crippen MR) is 71.5 cm³/mol. The van der Waals surface area contributed by atoms with E-state index in [4.69, 9.17) is 4.42 Å². The molecule has 2 aromatic rings. The predicted octanol–water partition coefficient (Wildman–Crippen LogP) is 1.94. The van der Waals surface area contributed by atoms with Gasteiger partial charge in [0.15, 0.2) is 0 Å². The molecule has 0 aromatic carbocycles. The molecule has 0 spiro atoms. The van der Waals surface area contributed by atoms with Crippen LogP contribution in [0.4, 0.5) is 0 Å². The van der Waals surface area contributed by atoms with Crippen molar-refractivity contribution in [3.8, 4) is 0 Å². The normalized spacial score (nSPS) is 16.0. The summed E-state index contributed by atoms with van der Waals surface area (Å²) in [6.07, 6.45) is 5.00. The van der Waals surface area contributed by atoms with Gasteiger partial charge in [-0.15, -0.1) is 0 Å². The first-order valence-electron chi connectivity index (χ1n) is 6.27. The van der Waals surface area contributed by atoms with E-state index in [1.54, 1.807) is 31.6 Å². The molecule has 5 heteroatoms. The van der Waals surface area contributed by atoms with Crippen molar-refractivity contribution >= 4 is 0 Å². The second-order valence-corrected chi connectivity index (χ2v) is 4.92. The number of aryl methyl sites for hydroxylation is 1. The lowest BCUT2D eigenvalue weighted by Gasteiger charge is -2.23. The van der Waals surface area contributed by atoms with Gasteiger partial charge in [0, 0.05) is 31.2 Å². The van der Waals surface area contributed by atoms with Crippen molar-refractivity contribution in [2.45, 2.75) is 32.4 Å². The Bertz CT molecular complexity index is 522. The van der Waals surface area contributed by atoms with Crippen molar-refractivity contribution < 1.29 is 9.52 Å². The van der Waals surface area contributed by atoms with E-state index in [1.165, 1.54) is 0 Å². The SMILES string of the molecule is Cc1ccc(C(C)(O)CNC(C)c2cnccn2)o1. The number of furan rings is 1. The van der Waals surface area contributed by atoms with Crippen LogP contribution < -0.4 is 5.32 Å². The Morgan fingerprint density at radius 1 is 1.42 bits per heavy atom. The second kappa shape index (κ2) is 5.50. The van der Waals surface area contributed by atoms with Crippen LogP contribution in [-0.4, -0.2) is 21.6 Å². The Morgan fingerprint density at radius 3 is 2.79 bits per heavy atom. The summed E-state index contributed by atoms with van der Waals surface area (Å²) >= 11 is 0. The molecule has 0 fully saturated rings. The van der Waals surface area contributed by atoms with Crippen LogP contribution >= 0.6 is 0 Å². The Kier molecular flexibility index (Phi) is 3.97. The van der Waals surface area contributed by atoms with E-state index in [1.807, 2.05) is 19.9 Å². The van der Waals surface area contributed by atoms with Crippen molar-refractivity contribution in [3.63, 3.8) is 0 Å². The Hall–Kier alpha value is -1.72. The second-order valence-electron chi connectivity index (χ2n) is 4.92. The third kappa shape index (κ3) is 3.39. The van der Waals surface area contributed by atoms with E-state index in [9.17, 15) is 5.11 Å². The first-order chi connectivity index (χ1) is 8.99. The number of rotatable bonds is 5. The highest BCUT2D eigenvalue weighted by Crippen LogP contribution is 2.22. The molecule has 2 rings (SSSR count). The molecule has 0 saturated carbocycles. The molecule has 2 unspecified atom stereocenters. The third-order valence-corrected chi connectivity index (χ3v) is 3.05. The van der Waals surface area contributed by atoms with Gasteiger partial charge in [-0.2, -0.15) is 0 Å². The molecule has 102 valence electrons. The fourth-order valence-electron chi connectivity index (χ4n) is 1.80. The van der Waals surface area contributed by atoms with Gasteiger partial charge in [-0.1, -0.05) is 0 Å². The maximum atomic E-state index is 10.4. The summed E-state index contributed by atoms with van der Waals surface area (Å²) in [4.78, 5) is 8.25. The monoisotopic (exact) mass is 261 g/mol. The molecule has 0 radical (unpaired) electrons. The summed E-state index contributed by atoms with van der Waals surface area (Å²) in [5.41, 5.74) is -0.209. The lowest BCUT2D eigenvalue weighted by Crippen LogP contribution is -2.36. The van der Waals surface area contributed by atoms with Crippen LogP contribution in [0.1, 0.15) is 37.1 Å². The van der Waals surface area contributed by atoms with Gasteiger partial charge in [-0.3, -0.25) is 9.97 Å². The quantitative estimate of drug-likeness (QED) is 0.860. The van der Waals surface area contributed by atoms with E-state index >= 15 is 0 Å². The molecule has 0 amide bonds. The van der Waals surface area contributed by atoms with E-state index in [0.29, 0.717) is 12.3 Å². The van der Waals surface area contributed by atoms with Crippen LogP contribution in [-0.2, 0) is 5.60 Å². The van der Waals surface area contributed by atoms with Gasteiger partial charge in [0.25, 0.3) is 0 Å². The largest absolute Gasteiger partial charge is 0.463 e. The van der Waals surface area contributed by atoms with Crippen LogP contribution in [0.3, 0.4) is 0 Å². The topological polar surface area (TPSA) is 71.2 Å². The summed E-state index contributed by atoms with van der Waals surface area (Å²) in [6.45, 7) is 5.93. The van der Waals surface area contributed by atoms with Gasteiger partial charge < -0.3 is 14.8 Å². The number of nitrogens with zero attached hydrogens (tertiary/aromatic N) is 2. The summed E-state index contributed by atoms with van der Waals surface area (Å²) in [6, 6.07) is 3.65. The highest BCUT2D eigenvalue weighted by molar-refractivity contribution is 5.13. The van der Waals surface area contributed by atoms with Gasteiger partial charge in [0.05, 0.1) is 5.69 Å². The molecule has 2 heterocycles. The molecule has 0 bridgehead atoms. The molecule has 2 atom stereocenters. The number of aliphatic hydroxyl groups is 1.